The van der Waals surface area contributed by atoms with E-state index in [9.17, 15) is 9.59 Å². The molecule has 0 bridgehead atoms. The largest absolute Gasteiger partial charge is 0.366 e. The van der Waals surface area contributed by atoms with E-state index in [-0.39, 0.29) is 5.69 Å². The number of rotatable bonds is 3. The normalized spacial score (nSPS) is 10.3. The summed E-state index contributed by atoms with van der Waals surface area (Å²) < 4.78 is 1.46. The van der Waals surface area contributed by atoms with Gasteiger partial charge in [0.2, 0.25) is 5.91 Å². The molecule has 2 amide bonds. The molecule has 92 valence electrons. The highest BCUT2D eigenvalue weighted by Crippen LogP contribution is 2.12. The molecule has 1 heterocycles. The van der Waals surface area contributed by atoms with Crippen LogP contribution >= 0.6 is 0 Å². The van der Waals surface area contributed by atoms with Crippen LogP contribution in [0, 0.1) is 6.92 Å². The topological polar surface area (TPSA) is 117 Å². The molecular formula is C11H11N5O2. The summed E-state index contributed by atoms with van der Waals surface area (Å²) in [4.78, 5) is 22.0. The average molecular weight is 245 g/mol. The first-order chi connectivity index (χ1) is 8.50. The van der Waals surface area contributed by atoms with Gasteiger partial charge in [0.15, 0.2) is 5.69 Å². The van der Waals surface area contributed by atoms with Crippen LogP contribution in [-0.2, 0) is 0 Å². The number of aromatic nitrogens is 3. The van der Waals surface area contributed by atoms with Crippen LogP contribution in [0.5, 0.6) is 0 Å². The van der Waals surface area contributed by atoms with E-state index in [1.54, 1.807) is 31.2 Å². The van der Waals surface area contributed by atoms with Crippen molar-refractivity contribution in [2.75, 3.05) is 0 Å². The van der Waals surface area contributed by atoms with E-state index >= 15 is 0 Å². The van der Waals surface area contributed by atoms with Crippen molar-refractivity contribution >= 4 is 11.8 Å². The van der Waals surface area contributed by atoms with Gasteiger partial charge in [-0.2, -0.15) is 0 Å². The summed E-state index contributed by atoms with van der Waals surface area (Å²) in [6, 6.07) is 6.46. The van der Waals surface area contributed by atoms with Gasteiger partial charge in [-0.25, -0.2) is 4.68 Å². The minimum absolute atomic E-state index is 0.119. The number of hydrogen-bond donors (Lipinski definition) is 2. The molecule has 0 aliphatic carbocycles. The van der Waals surface area contributed by atoms with Crippen LogP contribution in [0.25, 0.3) is 5.69 Å². The first-order valence-electron chi connectivity index (χ1n) is 5.13. The van der Waals surface area contributed by atoms with E-state index in [1.165, 1.54) is 4.68 Å². The minimum Gasteiger partial charge on any atom is -0.366 e. The predicted octanol–water partition coefficient (Wildman–Crippen LogP) is -0.226. The van der Waals surface area contributed by atoms with Crippen LogP contribution in [0.3, 0.4) is 0 Å². The third-order valence-electron chi connectivity index (χ3n) is 2.52. The van der Waals surface area contributed by atoms with Crippen LogP contribution in [-0.4, -0.2) is 26.8 Å². The van der Waals surface area contributed by atoms with Crippen LogP contribution in [0.1, 0.15) is 26.5 Å². The van der Waals surface area contributed by atoms with Crippen molar-refractivity contribution < 1.29 is 9.59 Å². The fourth-order valence-electron chi connectivity index (χ4n) is 1.57. The zero-order chi connectivity index (χ0) is 13.3. The summed E-state index contributed by atoms with van der Waals surface area (Å²) in [7, 11) is 0. The number of hydrogen-bond acceptors (Lipinski definition) is 4. The van der Waals surface area contributed by atoms with Gasteiger partial charge in [-0.15, -0.1) is 5.10 Å². The summed E-state index contributed by atoms with van der Waals surface area (Å²) in [6.07, 6.45) is 0. The monoisotopic (exact) mass is 245 g/mol. The molecule has 0 aliphatic rings. The van der Waals surface area contributed by atoms with E-state index in [0.717, 1.165) is 0 Å². The number of primary amides is 2. The fraction of sp³-hybridized carbons (Fsp3) is 0.0909. The van der Waals surface area contributed by atoms with Crippen molar-refractivity contribution in [1.29, 1.82) is 0 Å². The van der Waals surface area contributed by atoms with E-state index in [1.807, 2.05) is 0 Å². The summed E-state index contributed by atoms with van der Waals surface area (Å²) >= 11 is 0. The highest BCUT2D eigenvalue weighted by Gasteiger charge is 2.14. The molecule has 1 aromatic heterocycles. The number of amides is 2. The van der Waals surface area contributed by atoms with Gasteiger partial charge in [0.1, 0.15) is 0 Å². The number of nitrogens with two attached hydrogens (primary N) is 2. The van der Waals surface area contributed by atoms with Gasteiger partial charge in [-0.05, 0) is 31.2 Å². The number of nitrogens with zero attached hydrogens (tertiary/aromatic N) is 3. The van der Waals surface area contributed by atoms with Crippen LogP contribution in [0.4, 0.5) is 0 Å². The van der Waals surface area contributed by atoms with Gasteiger partial charge < -0.3 is 11.5 Å². The Morgan fingerprint density at radius 1 is 1.11 bits per heavy atom. The third-order valence-corrected chi connectivity index (χ3v) is 2.52. The smallest absolute Gasteiger partial charge is 0.271 e. The highest BCUT2D eigenvalue weighted by atomic mass is 16.1. The molecule has 2 rings (SSSR count). The molecule has 1 aromatic carbocycles. The molecule has 0 aliphatic heterocycles. The van der Waals surface area contributed by atoms with Crippen LogP contribution in [0.2, 0.25) is 0 Å². The highest BCUT2D eigenvalue weighted by molar-refractivity contribution is 5.93. The lowest BCUT2D eigenvalue weighted by Crippen LogP contribution is -2.13. The van der Waals surface area contributed by atoms with E-state index in [2.05, 4.69) is 10.3 Å². The maximum atomic E-state index is 11.1. The zero-order valence-corrected chi connectivity index (χ0v) is 9.62. The Kier molecular flexibility index (Phi) is 2.80. The Hall–Kier alpha value is -2.70. The van der Waals surface area contributed by atoms with Gasteiger partial charge in [-0.1, -0.05) is 5.21 Å². The quantitative estimate of drug-likeness (QED) is 0.776. The second-order valence-electron chi connectivity index (χ2n) is 3.71. The van der Waals surface area contributed by atoms with Gasteiger partial charge in [0, 0.05) is 5.56 Å². The maximum absolute atomic E-state index is 11.1. The molecule has 0 radical (unpaired) electrons. The molecule has 0 saturated heterocycles. The van der Waals surface area contributed by atoms with Crippen molar-refractivity contribution in [3.63, 3.8) is 0 Å². The van der Waals surface area contributed by atoms with Crippen molar-refractivity contribution in [2.24, 2.45) is 11.5 Å². The minimum atomic E-state index is -0.632. The number of carbonyl (C=O) groups excluding carboxylic acids is 2. The second kappa shape index (κ2) is 4.28. The number of carbonyl (C=O) groups is 2. The first-order valence-corrected chi connectivity index (χ1v) is 5.13. The second-order valence-corrected chi connectivity index (χ2v) is 3.71. The lowest BCUT2D eigenvalue weighted by molar-refractivity contribution is 0.0989. The summed E-state index contributed by atoms with van der Waals surface area (Å²) in [5.41, 5.74) is 12.0. The van der Waals surface area contributed by atoms with Crippen molar-refractivity contribution in [3.8, 4) is 5.69 Å². The first kappa shape index (κ1) is 11.8. The van der Waals surface area contributed by atoms with Crippen molar-refractivity contribution in [2.45, 2.75) is 6.92 Å². The molecule has 18 heavy (non-hydrogen) atoms. The lowest BCUT2D eigenvalue weighted by Gasteiger charge is -2.03. The standard InChI is InChI=1S/C11H11N5O2/c1-6-9(11(13)18)14-15-16(6)8-4-2-7(3-5-8)10(12)17/h2-5H,1H3,(H2,12,17)(H2,13,18). The maximum Gasteiger partial charge on any atom is 0.271 e. The lowest BCUT2D eigenvalue weighted by atomic mass is 10.2. The van der Waals surface area contributed by atoms with Gasteiger partial charge in [0.05, 0.1) is 11.4 Å². The fourth-order valence-corrected chi connectivity index (χ4v) is 1.57. The average Bonchev–Trinajstić information content (AvgIpc) is 2.71. The van der Waals surface area contributed by atoms with Crippen molar-refractivity contribution in [1.82, 2.24) is 15.0 Å². The predicted molar refractivity (Wildman–Crippen MR) is 63.1 cm³/mol. The SMILES string of the molecule is Cc1c(C(N)=O)nnn1-c1ccc(C(N)=O)cc1. The Bertz CT molecular complexity index is 615. The Balaban J connectivity index is 2.43. The van der Waals surface area contributed by atoms with Gasteiger partial charge >= 0.3 is 0 Å². The van der Waals surface area contributed by atoms with Crippen molar-refractivity contribution in [3.05, 3.63) is 41.2 Å². The summed E-state index contributed by atoms with van der Waals surface area (Å²) in [6.45, 7) is 1.68. The molecule has 4 N–H and O–H groups in total. The van der Waals surface area contributed by atoms with Gasteiger partial charge in [0.25, 0.3) is 5.91 Å². The molecular weight excluding hydrogens is 234 g/mol. The Labute approximate surface area is 102 Å². The molecule has 0 unspecified atom stereocenters. The molecule has 0 atom stereocenters. The van der Waals surface area contributed by atoms with E-state index in [0.29, 0.717) is 16.9 Å². The third kappa shape index (κ3) is 1.93. The molecule has 0 saturated carbocycles. The Morgan fingerprint density at radius 2 is 1.72 bits per heavy atom. The molecule has 7 nitrogen and oxygen atoms in total. The van der Waals surface area contributed by atoms with E-state index in [4.69, 9.17) is 11.5 Å². The molecule has 2 aromatic rings. The van der Waals surface area contributed by atoms with E-state index < -0.39 is 11.8 Å². The number of benzene rings is 1. The Morgan fingerprint density at radius 3 is 2.17 bits per heavy atom. The van der Waals surface area contributed by atoms with Crippen LogP contribution in [0.15, 0.2) is 24.3 Å². The molecule has 7 heteroatoms. The van der Waals surface area contributed by atoms with Gasteiger partial charge in [-0.3, -0.25) is 9.59 Å². The molecule has 0 spiro atoms. The molecule has 0 fully saturated rings. The van der Waals surface area contributed by atoms with Crippen LogP contribution < -0.4 is 11.5 Å². The zero-order valence-electron chi connectivity index (χ0n) is 9.62. The summed E-state index contributed by atoms with van der Waals surface area (Å²) in [5.74, 6) is -1.14. The summed E-state index contributed by atoms with van der Waals surface area (Å²) in [5, 5.41) is 7.53.